The van der Waals surface area contributed by atoms with Crippen molar-refractivity contribution in [1.82, 2.24) is 4.98 Å². The Morgan fingerprint density at radius 3 is 2.67 bits per heavy atom. The molecule has 18 heavy (non-hydrogen) atoms. The molecule has 0 aliphatic rings. The number of hydrogen-bond acceptors (Lipinski definition) is 2. The topological polar surface area (TPSA) is 50.2 Å². The van der Waals surface area contributed by atoms with Crippen LogP contribution in [0, 0.1) is 7.27 Å². The van der Waals surface area contributed by atoms with Crippen LogP contribution in [0.4, 0.5) is 0 Å². The smallest absolute Gasteiger partial charge is 0.331 e. The third-order valence-electron chi connectivity index (χ3n) is 2.56. The lowest BCUT2D eigenvalue weighted by Crippen LogP contribution is -2.03. The third kappa shape index (κ3) is 2.82. The molecule has 0 aliphatic heterocycles. The summed E-state index contributed by atoms with van der Waals surface area (Å²) in [6.07, 6.45) is 0.315. The van der Waals surface area contributed by atoms with Gasteiger partial charge in [-0.3, -0.25) is 0 Å². The molecule has 5 heteroatoms. The first-order valence-corrected chi connectivity index (χ1v) is 7.29. The summed E-state index contributed by atoms with van der Waals surface area (Å²) in [4.78, 5) is 15.3. The minimum atomic E-state index is -0.965. The van der Waals surface area contributed by atoms with Crippen LogP contribution in [-0.2, 0) is 11.2 Å². The summed E-state index contributed by atoms with van der Waals surface area (Å²) in [5.41, 5.74) is 1.94. The number of carbonyl (C=O) groups is 1. The standard InChI is InChI=1S/C13H9I2NO2/c1-7(13(17)18)6-8-2-4-10(14)9-3-5-11(15)16-12(8)9/h2-5H,1,6H2,(H,17,18). The largest absolute Gasteiger partial charge is 0.478 e. The number of hydrogen-bond donors (Lipinski definition) is 1. The van der Waals surface area contributed by atoms with Gasteiger partial charge in [-0.15, -0.1) is 0 Å². The quantitative estimate of drug-likeness (QED) is 0.428. The van der Waals surface area contributed by atoms with Crippen molar-refractivity contribution in [1.29, 1.82) is 0 Å². The van der Waals surface area contributed by atoms with Crippen molar-refractivity contribution in [2.75, 3.05) is 0 Å². The van der Waals surface area contributed by atoms with Crippen molar-refractivity contribution in [3.63, 3.8) is 0 Å². The minimum Gasteiger partial charge on any atom is -0.478 e. The van der Waals surface area contributed by atoms with Crippen LogP contribution in [0.25, 0.3) is 10.9 Å². The lowest BCUT2D eigenvalue weighted by atomic mass is 10.0. The molecule has 2 aromatic rings. The van der Waals surface area contributed by atoms with Gasteiger partial charge in [0.2, 0.25) is 0 Å². The zero-order valence-electron chi connectivity index (χ0n) is 9.28. The first-order chi connectivity index (χ1) is 8.49. The van der Waals surface area contributed by atoms with Crippen molar-refractivity contribution in [3.05, 3.63) is 49.3 Å². The number of rotatable bonds is 3. The van der Waals surface area contributed by atoms with Crippen molar-refractivity contribution in [2.45, 2.75) is 6.42 Å². The molecule has 0 saturated carbocycles. The highest BCUT2D eigenvalue weighted by Crippen LogP contribution is 2.25. The average Bonchev–Trinajstić information content (AvgIpc) is 2.32. The molecule has 0 bridgehead atoms. The molecule has 1 aromatic carbocycles. The highest BCUT2D eigenvalue weighted by molar-refractivity contribution is 14.1. The van der Waals surface area contributed by atoms with Gasteiger partial charge in [0.25, 0.3) is 0 Å². The van der Waals surface area contributed by atoms with Gasteiger partial charge in [-0.25, -0.2) is 9.78 Å². The summed E-state index contributed by atoms with van der Waals surface area (Å²) in [7, 11) is 0. The molecule has 0 fully saturated rings. The Balaban J connectivity index is 2.57. The molecule has 0 unspecified atom stereocenters. The molecule has 0 amide bonds. The van der Waals surface area contributed by atoms with Gasteiger partial charge in [-0.1, -0.05) is 12.6 Å². The molecular formula is C13H9I2NO2. The molecular weight excluding hydrogens is 456 g/mol. The predicted octanol–water partition coefficient (Wildman–Crippen LogP) is 3.63. The van der Waals surface area contributed by atoms with Crippen LogP contribution >= 0.6 is 45.2 Å². The fourth-order valence-corrected chi connectivity index (χ4v) is 2.70. The fraction of sp³-hybridized carbons (Fsp3) is 0.0769. The van der Waals surface area contributed by atoms with E-state index in [-0.39, 0.29) is 5.57 Å². The molecule has 1 N–H and O–H groups in total. The van der Waals surface area contributed by atoms with Crippen molar-refractivity contribution in [3.8, 4) is 0 Å². The van der Waals surface area contributed by atoms with Crippen LogP contribution in [0.3, 0.4) is 0 Å². The first kappa shape index (κ1) is 13.7. The highest BCUT2D eigenvalue weighted by Gasteiger charge is 2.11. The van der Waals surface area contributed by atoms with E-state index in [4.69, 9.17) is 5.11 Å². The lowest BCUT2D eigenvalue weighted by molar-refractivity contribution is -0.132. The maximum atomic E-state index is 10.9. The third-order valence-corrected chi connectivity index (χ3v) is 4.10. The monoisotopic (exact) mass is 465 g/mol. The van der Waals surface area contributed by atoms with Crippen LogP contribution in [0.5, 0.6) is 0 Å². The molecule has 0 atom stereocenters. The van der Waals surface area contributed by atoms with E-state index in [0.29, 0.717) is 6.42 Å². The zero-order valence-corrected chi connectivity index (χ0v) is 13.6. The Morgan fingerprint density at radius 2 is 2.00 bits per heavy atom. The SMILES string of the molecule is C=C(Cc1ccc(I)c2ccc(I)nc12)C(=O)O. The van der Waals surface area contributed by atoms with Gasteiger partial charge < -0.3 is 5.11 Å². The summed E-state index contributed by atoms with van der Waals surface area (Å²) in [6.45, 7) is 3.57. The fourth-order valence-electron chi connectivity index (χ4n) is 1.66. The number of carboxylic acid groups (broad SMARTS) is 1. The Morgan fingerprint density at radius 1 is 1.28 bits per heavy atom. The first-order valence-electron chi connectivity index (χ1n) is 5.13. The lowest BCUT2D eigenvalue weighted by Gasteiger charge is -2.08. The van der Waals surface area contributed by atoms with Gasteiger partial charge in [-0.05, 0) is 68.9 Å². The van der Waals surface area contributed by atoms with E-state index in [1.54, 1.807) is 0 Å². The summed E-state index contributed by atoms with van der Waals surface area (Å²) in [5, 5.41) is 9.95. The second kappa shape index (κ2) is 5.52. The van der Waals surface area contributed by atoms with E-state index >= 15 is 0 Å². The predicted molar refractivity (Wildman–Crippen MR) is 87.7 cm³/mol. The van der Waals surface area contributed by atoms with E-state index < -0.39 is 5.97 Å². The van der Waals surface area contributed by atoms with Crippen LogP contribution in [0.2, 0.25) is 0 Å². The van der Waals surface area contributed by atoms with Crippen LogP contribution in [0.15, 0.2) is 36.4 Å². The molecule has 3 nitrogen and oxygen atoms in total. The van der Waals surface area contributed by atoms with Crippen molar-refractivity contribution >= 4 is 62.1 Å². The van der Waals surface area contributed by atoms with Crippen LogP contribution in [-0.4, -0.2) is 16.1 Å². The van der Waals surface area contributed by atoms with E-state index in [2.05, 4.69) is 56.7 Å². The zero-order chi connectivity index (χ0) is 13.3. The second-order valence-corrected chi connectivity index (χ2v) is 6.09. The minimum absolute atomic E-state index is 0.179. The summed E-state index contributed by atoms with van der Waals surface area (Å²) < 4.78 is 2.00. The van der Waals surface area contributed by atoms with E-state index in [9.17, 15) is 4.79 Å². The summed E-state index contributed by atoms with van der Waals surface area (Å²) in [5.74, 6) is -0.965. The molecule has 1 aromatic heterocycles. The number of aromatic nitrogens is 1. The molecule has 1 heterocycles. The summed E-state index contributed by atoms with van der Waals surface area (Å²) >= 11 is 4.40. The number of pyridine rings is 1. The van der Waals surface area contributed by atoms with E-state index in [0.717, 1.165) is 23.7 Å². The van der Waals surface area contributed by atoms with Gasteiger partial charge in [-0.2, -0.15) is 0 Å². The van der Waals surface area contributed by atoms with Crippen LogP contribution in [0.1, 0.15) is 5.56 Å². The number of fused-ring (bicyclic) bond motifs is 1. The average molecular weight is 465 g/mol. The maximum absolute atomic E-state index is 10.9. The van der Waals surface area contributed by atoms with Gasteiger partial charge in [0, 0.05) is 21.0 Å². The molecule has 92 valence electrons. The van der Waals surface area contributed by atoms with E-state index in [1.807, 2.05) is 24.3 Å². The van der Waals surface area contributed by atoms with E-state index in [1.165, 1.54) is 0 Å². The molecule has 2 rings (SSSR count). The van der Waals surface area contributed by atoms with Crippen LogP contribution < -0.4 is 0 Å². The molecule has 0 saturated heterocycles. The molecule has 0 spiro atoms. The Kier molecular flexibility index (Phi) is 4.21. The Labute approximate surface area is 132 Å². The highest BCUT2D eigenvalue weighted by atomic mass is 127. The number of nitrogens with zero attached hydrogens (tertiary/aromatic N) is 1. The van der Waals surface area contributed by atoms with Gasteiger partial charge >= 0.3 is 5.97 Å². The summed E-state index contributed by atoms with van der Waals surface area (Å²) in [6, 6.07) is 7.85. The van der Waals surface area contributed by atoms with Gasteiger partial charge in [0.15, 0.2) is 0 Å². The number of aliphatic carboxylic acids is 1. The normalized spacial score (nSPS) is 10.6. The Hall–Kier alpha value is -0.700. The van der Waals surface area contributed by atoms with Crippen molar-refractivity contribution < 1.29 is 9.90 Å². The molecule has 0 radical (unpaired) electrons. The molecule has 0 aliphatic carbocycles. The van der Waals surface area contributed by atoms with Gasteiger partial charge in [0.05, 0.1) is 5.52 Å². The number of carboxylic acids is 1. The second-order valence-electron chi connectivity index (χ2n) is 3.82. The maximum Gasteiger partial charge on any atom is 0.331 e. The number of benzene rings is 1. The number of halogens is 2. The Bertz CT molecular complexity index is 653. The van der Waals surface area contributed by atoms with Gasteiger partial charge in [0.1, 0.15) is 3.70 Å². The van der Waals surface area contributed by atoms with Crippen molar-refractivity contribution in [2.24, 2.45) is 0 Å².